The van der Waals surface area contributed by atoms with E-state index >= 15 is 0 Å². The van der Waals surface area contributed by atoms with Crippen LogP contribution in [0.15, 0.2) is 22.7 Å². The summed E-state index contributed by atoms with van der Waals surface area (Å²) in [6.45, 7) is 0.612. The average molecular weight is 341 g/mol. The summed E-state index contributed by atoms with van der Waals surface area (Å²) in [7, 11) is 3.16. The Labute approximate surface area is 126 Å². The maximum atomic E-state index is 12.5. The summed E-state index contributed by atoms with van der Waals surface area (Å²) in [6.07, 6.45) is 1.56. The van der Waals surface area contributed by atoms with Crippen molar-refractivity contribution in [2.45, 2.75) is 18.9 Å². The lowest BCUT2D eigenvalue weighted by molar-refractivity contribution is -0.124. The Hall–Kier alpha value is -1.56. The summed E-state index contributed by atoms with van der Waals surface area (Å²) < 4.78 is 5.87. The van der Waals surface area contributed by atoms with Gasteiger partial charge in [0.2, 0.25) is 5.91 Å². The number of likely N-dealkylation sites (tertiary alicyclic amines) is 1. The monoisotopic (exact) mass is 340 g/mol. The van der Waals surface area contributed by atoms with Crippen molar-refractivity contribution < 1.29 is 14.3 Å². The Balaban J connectivity index is 2.22. The van der Waals surface area contributed by atoms with Gasteiger partial charge < -0.3 is 15.0 Å². The van der Waals surface area contributed by atoms with E-state index in [-0.39, 0.29) is 17.9 Å². The van der Waals surface area contributed by atoms with Gasteiger partial charge in [0, 0.05) is 19.2 Å². The van der Waals surface area contributed by atoms with Crippen LogP contribution in [0.2, 0.25) is 0 Å². The fourth-order valence-electron chi connectivity index (χ4n) is 2.41. The van der Waals surface area contributed by atoms with Crippen LogP contribution in [-0.4, -0.2) is 43.5 Å². The van der Waals surface area contributed by atoms with Gasteiger partial charge in [-0.1, -0.05) is 0 Å². The topological polar surface area (TPSA) is 58.6 Å². The molecule has 0 spiro atoms. The van der Waals surface area contributed by atoms with Gasteiger partial charge in [-0.2, -0.15) is 0 Å². The number of nitrogens with one attached hydrogen (secondary N) is 1. The highest BCUT2D eigenvalue weighted by atomic mass is 79.9. The molecular weight excluding hydrogens is 324 g/mol. The van der Waals surface area contributed by atoms with Crippen LogP contribution in [0.4, 0.5) is 0 Å². The van der Waals surface area contributed by atoms with Gasteiger partial charge in [-0.05, 0) is 47.0 Å². The molecule has 0 saturated carbocycles. The van der Waals surface area contributed by atoms with Gasteiger partial charge in [-0.25, -0.2) is 0 Å². The van der Waals surface area contributed by atoms with E-state index < -0.39 is 0 Å². The zero-order valence-electron chi connectivity index (χ0n) is 11.5. The van der Waals surface area contributed by atoms with Crippen LogP contribution < -0.4 is 10.1 Å². The van der Waals surface area contributed by atoms with Crippen molar-refractivity contribution in [3.05, 3.63) is 28.2 Å². The molecule has 1 aromatic rings. The molecule has 1 atom stereocenters. The molecule has 2 amide bonds. The third-order valence-corrected chi connectivity index (χ3v) is 4.08. The number of methoxy groups -OCH3 is 1. The molecule has 1 fully saturated rings. The number of carbonyl (C=O) groups is 2. The number of halogens is 1. The predicted molar refractivity (Wildman–Crippen MR) is 78.8 cm³/mol. The smallest absolute Gasteiger partial charge is 0.254 e. The number of benzene rings is 1. The maximum absolute atomic E-state index is 12.5. The van der Waals surface area contributed by atoms with E-state index in [2.05, 4.69) is 21.2 Å². The molecule has 0 radical (unpaired) electrons. The van der Waals surface area contributed by atoms with E-state index in [9.17, 15) is 9.59 Å². The lowest BCUT2D eigenvalue weighted by Gasteiger charge is -2.23. The Morgan fingerprint density at radius 3 is 2.80 bits per heavy atom. The highest BCUT2D eigenvalue weighted by molar-refractivity contribution is 9.10. The Kier molecular flexibility index (Phi) is 4.65. The third kappa shape index (κ3) is 2.80. The quantitative estimate of drug-likeness (QED) is 0.912. The first kappa shape index (κ1) is 14.8. The molecule has 108 valence electrons. The SMILES string of the molecule is CNC(=O)C1CCCN1C(=O)c1ccc(OC)c(Br)c1. The summed E-state index contributed by atoms with van der Waals surface area (Å²) in [6, 6.07) is 4.81. The molecule has 1 N–H and O–H groups in total. The molecule has 2 rings (SSSR count). The third-order valence-electron chi connectivity index (χ3n) is 3.46. The molecule has 1 heterocycles. The van der Waals surface area contributed by atoms with E-state index in [0.29, 0.717) is 24.3 Å². The van der Waals surface area contributed by atoms with Crippen LogP contribution in [0.3, 0.4) is 0 Å². The summed E-state index contributed by atoms with van der Waals surface area (Å²) in [5.74, 6) is 0.439. The van der Waals surface area contributed by atoms with Crippen molar-refractivity contribution in [2.75, 3.05) is 20.7 Å². The van der Waals surface area contributed by atoms with Crippen LogP contribution in [0.25, 0.3) is 0 Å². The van der Waals surface area contributed by atoms with Crippen LogP contribution in [0.1, 0.15) is 23.2 Å². The van der Waals surface area contributed by atoms with E-state index in [4.69, 9.17) is 4.74 Å². The Bertz CT molecular complexity index is 533. The molecule has 20 heavy (non-hydrogen) atoms. The molecule has 5 nitrogen and oxygen atoms in total. The van der Waals surface area contributed by atoms with Crippen molar-refractivity contribution in [2.24, 2.45) is 0 Å². The number of nitrogens with zero attached hydrogens (tertiary/aromatic N) is 1. The summed E-state index contributed by atoms with van der Waals surface area (Å²) >= 11 is 3.37. The van der Waals surface area contributed by atoms with Crippen LogP contribution >= 0.6 is 15.9 Å². The average Bonchev–Trinajstić information content (AvgIpc) is 2.94. The standard InChI is InChI=1S/C14H17BrN2O3/c1-16-13(18)11-4-3-7-17(11)14(19)9-5-6-12(20-2)10(15)8-9/h5-6,8,11H,3-4,7H2,1-2H3,(H,16,18). The van der Waals surface area contributed by atoms with E-state index in [1.165, 1.54) is 0 Å². The van der Waals surface area contributed by atoms with Crippen molar-refractivity contribution in [1.29, 1.82) is 0 Å². The lowest BCUT2D eigenvalue weighted by atomic mass is 10.1. The number of carbonyl (C=O) groups excluding carboxylic acids is 2. The molecule has 1 unspecified atom stereocenters. The van der Waals surface area contributed by atoms with Gasteiger partial charge >= 0.3 is 0 Å². The second-order valence-corrected chi connectivity index (χ2v) is 5.47. The van der Waals surface area contributed by atoms with Gasteiger partial charge in [0.15, 0.2) is 0 Å². The summed E-state index contributed by atoms with van der Waals surface area (Å²) in [4.78, 5) is 25.9. The molecule has 0 aromatic heterocycles. The molecule has 1 aromatic carbocycles. The minimum absolute atomic E-state index is 0.108. The zero-order valence-corrected chi connectivity index (χ0v) is 13.1. The van der Waals surface area contributed by atoms with E-state index in [1.807, 2.05) is 0 Å². The van der Waals surface area contributed by atoms with Gasteiger partial charge in [0.1, 0.15) is 11.8 Å². The fourth-order valence-corrected chi connectivity index (χ4v) is 2.95. The fraction of sp³-hybridized carbons (Fsp3) is 0.429. The molecule has 6 heteroatoms. The van der Waals surface area contributed by atoms with Gasteiger partial charge in [0.25, 0.3) is 5.91 Å². The summed E-state index contributed by atoms with van der Waals surface area (Å²) in [5.41, 5.74) is 0.550. The highest BCUT2D eigenvalue weighted by Gasteiger charge is 2.34. The first-order chi connectivity index (χ1) is 9.58. The minimum Gasteiger partial charge on any atom is -0.496 e. The van der Waals surface area contributed by atoms with Crippen molar-refractivity contribution in [1.82, 2.24) is 10.2 Å². The second-order valence-electron chi connectivity index (χ2n) is 4.62. The maximum Gasteiger partial charge on any atom is 0.254 e. The predicted octanol–water partition coefficient (Wildman–Crippen LogP) is 1.81. The number of hydrogen-bond acceptors (Lipinski definition) is 3. The Morgan fingerprint density at radius 1 is 1.45 bits per heavy atom. The van der Waals surface area contributed by atoms with Crippen molar-refractivity contribution in [3.63, 3.8) is 0 Å². The van der Waals surface area contributed by atoms with E-state index in [1.54, 1.807) is 37.3 Å². The first-order valence-corrected chi connectivity index (χ1v) is 7.24. The molecule has 1 aliphatic rings. The molecule has 1 aliphatic heterocycles. The van der Waals surface area contributed by atoms with Gasteiger partial charge in [-0.15, -0.1) is 0 Å². The minimum atomic E-state index is -0.367. The van der Waals surface area contributed by atoms with Crippen LogP contribution in [-0.2, 0) is 4.79 Å². The molecular formula is C14H17BrN2O3. The van der Waals surface area contributed by atoms with Gasteiger partial charge in [-0.3, -0.25) is 9.59 Å². The summed E-state index contributed by atoms with van der Waals surface area (Å²) in [5, 5.41) is 2.61. The Morgan fingerprint density at radius 2 is 2.20 bits per heavy atom. The number of ether oxygens (including phenoxy) is 1. The second kappa shape index (κ2) is 6.26. The van der Waals surface area contributed by atoms with Gasteiger partial charge in [0.05, 0.1) is 11.6 Å². The highest BCUT2D eigenvalue weighted by Crippen LogP contribution is 2.27. The van der Waals surface area contributed by atoms with Crippen LogP contribution in [0.5, 0.6) is 5.75 Å². The molecule has 0 aliphatic carbocycles. The number of hydrogen-bond donors (Lipinski definition) is 1. The normalized spacial score (nSPS) is 17.9. The van der Waals surface area contributed by atoms with Crippen molar-refractivity contribution >= 4 is 27.7 Å². The number of rotatable bonds is 3. The largest absolute Gasteiger partial charge is 0.496 e. The lowest BCUT2D eigenvalue weighted by Crippen LogP contribution is -2.44. The first-order valence-electron chi connectivity index (χ1n) is 6.44. The van der Waals surface area contributed by atoms with Crippen LogP contribution in [0, 0.1) is 0 Å². The van der Waals surface area contributed by atoms with E-state index in [0.717, 1.165) is 10.9 Å². The number of amides is 2. The van der Waals surface area contributed by atoms with Crippen molar-refractivity contribution in [3.8, 4) is 5.75 Å². The molecule has 1 saturated heterocycles. The molecule has 0 bridgehead atoms. The number of likely N-dealkylation sites (N-methyl/N-ethyl adjacent to an activating group) is 1. The zero-order chi connectivity index (χ0) is 14.7.